The Kier molecular flexibility index (Phi) is 3.49. The summed E-state index contributed by atoms with van der Waals surface area (Å²) >= 11 is 0. The molecular weight excluding hydrogens is 98.1 g/mol. The van der Waals surface area contributed by atoms with Crippen molar-refractivity contribution in [2.75, 3.05) is 13.6 Å². The standard InChI is InChI=1S/C7H16N/c1-7(2)5-6-8(3)4/h7H,3,5-6H2,1-2,4H3/q+1. The third-order valence-corrected chi connectivity index (χ3v) is 1.09. The smallest absolute Gasteiger partial charge is 0.142 e. The fourth-order valence-corrected chi connectivity index (χ4v) is 0.479. The molecule has 0 saturated heterocycles. The van der Waals surface area contributed by atoms with Crippen molar-refractivity contribution in [3.63, 3.8) is 0 Å². The molecule has 0 aliphatic rings. The molecule has 0 amide bonds. The Labute approximate surface area is 52.0 Å². The Morgan fingerprint density at radius 3 is 2.12 bits per heavy atom. The average molecular weight is 114 g/mol. The second-order valence-corrected chi connectivity index (χ2v) is 2.76. The minimum atomic E-state index is 0.805. The summed E-state index contributed by atoms with van der Waals surface area (Å²) < 4.78 is 1.97. The van der Waals surface area contributed by atoms with Crippen molar-refractivity contribution in [3.8, 4) is 0 Å². The van der Waals surface area contributed by atoms with Crippen LogP contribution in [0.25, 0.3) is 0 Å². The molecule has 1 heteroatoms. The van der Waals surface area contributed by atoms with E-state index >= 15 is 0 Å². The summed E-state index contributed by atoms with van der Waals surface area (Å²) in [5.41, 5.74) is 0. The van der Waals surface area contributed by atoms with Crippen LogP contribution < -0.4 is 0 Å². The molecule has 0 aromatic heterocycles. The molecule has 0 spiro atoms. The molecule has 0 N–H and O–H groups in total. The van der Waals surface area contributed by atoms with E-state index in [0.717, 1.165) is 12.5 Å². The highest BCUT2D eigenvalue weighted by Crippen LogP contribution is 1.96. The quantitative estimate of drug-likeness (QED) is 0.385. The van der Waals surface area contributed by atoms with E-state index in [1.165, 1.54) is 6.42 Å². The molecule has 0 radical (unpaired) electrons. The Hall–Kier alpha value is -0.330. The predicted octanol–water partition coefficient (Wildman–Crippen LogP) is 1.38. The van der Waals surface area contributed by atoms with Gasteiger partial charge in [0.25, 0.3) is 0 Å². The summed E-state index contributed by atoms with van der Waals surface area (Å²) in [5.74, 6) is 0.805. The zero-order valence-corrected chi connectivity index (χ0v) is 6.15. The first kappa shape index (κ1) is 7.67. The van der Waals surface area contributed by atoms with Gasteiger partial charge in [-0.25, -0.2) is 4.58 Å². The zero-order valence-electron chi connectivity index (χ0n) is 6.15. The molecule has 0 heterocycles. The van der Waals surface area contributed by atoms with Gasteiger partial charge in [0, 0.05) is 6.42 Å². The minimum absolute atomic E-state index is 0.805. The molecule has 0 saturated carbocycles. The Bertz CT molecular complexity index is 74.5. The molecule has 0 rings (SSSR count). The third-order valence-electron chi connectivity index (χ3n) is 1.09. The van der Waals surface area contributed by atoms with Crippen molar-refractivity contribution in [2.24, 2.45) is 5.92 Å². The highest BCUT2D eigenvalue weighted by molar-refractivity contribution is 5.13. The Balaban J connectivity index is 3.05. The molecular formula is C7H16N+. The Morgan fingerprint density at radius 1 is 1.50 bits per heavy atom. The van der Waals surface area contributed by atoms with E-state index in [4.69, 9.17) is 0 Å². The summed E-state index contributed by atoms with van der Waals surface area (Å²) in [6.07, 6.45) is 1.25. The first-order valence-corrected chi connectivity index (χ1v) is 3.14. The van der Waals surface area contributed by atoms with Crippen LogP contribution in [0.3, 0.4) is 0 Å². The molecule has 0 aromatic carbocycles. The fourth-order valence-electron chi connectivity index (χ4n) is 0.479. The summed E-state index contributed by atoms with van der Waals surface area (Å²) in [5, 5.41) is 0. The molecule has 0 fully saturated rings. The van der Waals surface area contributed by atoms with Gasteiger partial charge in [-0.2, -0.15) is 0 Å². The predicted molar refractivity (Wildman–Crippen MR) is 37.6 cm³/mol. The van der Waals surface area contributed by atoms with Gasteiger partial charge in [-0.3, -0.25) is 0 Å². The van der Waals surface area contributed by atoms with Gasteiger partial charge in [0.15, 0.2) is 0 Å². The number of hydrogen-bond donors (Lipinski definition) is 0. The number of rotatable bonds is 3. The van der Waals surface area contributed by atoms with E-state index in [0.29, 0.717) is 0 Å². The van der Waals surface area contributed by atoms with Crippen LogP contribution in [0.1, 0.15) is 20.3 Å². The lowest BCUT2D eigenvalue weighted by atomic mass is 10.1. The SMILES string of the molecule is C=[N+](C)CCC(C)C. The molecule has 0 atom stereocenters. The maximum atomic E-state index is 3.74. The van der Waals surface area contributed by atoms with Gasteiger partial charge in [-0.05, 0) is 5.92 Å². The summed E-state index contributed by atoms with van der Waals surface area (Å²) in [7, 11) is 2.00. The lowest BCUT2D eigenvalue weighted by molar-refractivity contribution is -0.489. The lowest BCUT2D eigenvalue weighted by Crippen LogP contribution is -2.06. The average Bonchev–Trinajstić information content (AvgIpc) is 1.61. The summed E-state index contributed by atoms with van der Waals surface area (Å²) in [4.78, 5) is 0. The fraction of sp³-hybridized carbons (Fsp3) is 0.857. The van der Waals surface area contributed by atoms with Crippen molar-refractivity contribution in [3.05, 3.63) is 0 Å². The van der Waals surface area contributed by atoms with Crippen LogP contribution in [0.4, 0.5) is 0 Å². The van der Waals surface area contributed by atoms with Crippen molar-refractivity contribution in [1.29, 1.82) is 0 Å². The van der Waals surface area contributed by atoms with Crippen LogP contribution in [0.15, 0.2) is 0 Å². The van der Waals surface area contributed by atoms with Gasteiger partial charge in [0.05, 0.1) is 0 Å². The van der Waals surface area contributed by atoms with Crippen molar-refractivity contribution >= 4 is 6.72 Å². The van der Waals surface area contributed by atoms with Gasteiger partial charge >= 0.3 is 0 Å². The van der Waals surface area contributed by atoms with Gasteiger partial charge in [-0.1, -0.05) is 13.8 Å². The number of hydrogen-bond acceptors (Lipinski definition) is 0. The van der Waals surface area contributed by atoms with Crippen LogP contribution in [-0.4, -0.2) is 24.9 Å². The van der Waals surface area contributed by atoms with Crippen molar-refractivity contribution < 1.29 is 4.58 Å². The minimum Gasteiger partial charge on any atom is -0.245 e. The van der Waals surface area contributed by atoms with E-state index < -0.39 is 0 Å². The van der Waals surface area contributed by atoms with Gasteiger partial charge in [-0.15, -0.1) is 0 Å². The largest absolute Gasteiger partial charge is 0.245 e. The zero-order chi connectivity index (χ0) is 6.57. The van der Waals surface area contributed by atoms with E-state index in [2.05, 4.69) is 20.6 Å². The van der Waals surface area contributed by atoms with E-state index in [1.807, 2.05) is 11.6 Å². The van der Waals surface area contributed by atoms with E-state index in [9.17, 15) is 0 Å². The first-order valence-electron chi connectivity index (χ1n) is 3.14. The van der Waals surface area contributed by atoms with E-state index in [1.54, 1.807) is 0 Å². The van der Waals surface area contributed by atoms with Gasteiger partial charge in [0.2, 0.25) is 0 Å². The monoisotopic (exact) mass is 114 g/mol. The lowest BCUT2D eigenvalue weighted by Gasteiger charge is -1.98. The molecule has 0 unspecified atom stereocenters. The van der Waals surface area contributed by atoms with Gasteiger partial charge in [0.1, 0.15) is 20.3 Å². The second kappa shape index (κ2) is 3.65. The van der Waals surface area contributed by atoms with Crippen LogP contribution in [0.2, 0.25) is 0 Å². The normalized spacial score (nSPS) is 10.0. The Morgan fingerprint density at radius 2 is 2.00 bits per heavy atom. The van der Waals surface area contributed by atoms with Crippen LogP contribution in [-0.2, 0) is 0 Å². The molecule has 0 aliphatic heterocycles. The molecule has 48 valence electrons. The number of nitrogens with zero attached hydrogens (tertiary/aromatic N) is 1. The molecule has 0 bridgehead atoms. The van der Waals surface area contributed by atoms with Crippen LogP contribution >= 0.6 is 0 Å². The first-order chi connectivity index (χ1) is 3.63. The summed E-state index contributed by atoms with van der Waals surface area (Å²) in [6, 6.07) is 0. The molecule has 0 aromatic rings. The van der Waals surface area contributed by atoms with Crippen molar-refractivity contribution in [1.82, 2.24) is 0 Å². The van der Waals surface area contributed by atoms with Crippen molar-refractivity contribution in [2.45, 2.75) is 20.3 Å². The van der Waals surface area contributed by atoms with Gasteiger partial charge < -0.3 is 0 Å². The third kappa shape index (κ3) is 5.67. The second-order valence-electron chi connectivity index (χ2n) is 2.76. The molecule has 0 aliphatic carbocycles. The summed E-state index contributed by atoms with van der Waals surface area (Å²) in [6.45, 7) is 9.30. The van der Waals surface area contributed by atoms with E-state index in [-0.39, 0.29) is 0 Å². The highest BCUT2D eigenvalue weighted by Gasteiger charge is 1.95. The van der Waals surface area contributed by atoms with Crippen LogP contribution in [0.5, 0.6) is 0 Å². The molecule has 8 heavy (non-hydrogen) atoms. The highest BCUT2D eigenvalue weighted by atomic mass is 14.9. The maximum Gasteiger partial charge on any atom is 0.142 e. The molecule has 1 nitrogen and oxygen atoms in total. The van der Waals surface area contributed by atoms with Crippen LogP contribution in [0, 0.1) is 5.92 Å². The maximum absolute atomic E-state index is 3.74. The topological polar surface area (TPSA) is 3.01 Å².